The summed E-state index contributed by atoms with van der Waals surface area (Å²) < 4.78 is 28.6. The molecular formula is C12H17NO4S. The van der Waals surface area contributed by atoms with Crippen molar-refractivity contribution >= 4 is 15.8 Å². The third-order valence-electron chi connectivity index (χ3n) is 2.75. The third kappa shape index (κ3) is 3.80. The monoisotopic (exact) mass is 271 g/mol. The summed E-state index contributed by atoms with van der Waals surface area (Å²) in [5.41, 5.74) is 1.35. The van der Waals surface area contributed by atoms with Crippen LogP contribution in [0.3, 0.4) is 0 Å². The van der Waals surface area contributed by atoms with Gasteiger partial charge in [-0.1, -0.05) is 6.07 Å². The summed E-state index contributed by atoms with van der Waals surface area (Å²) in [6, 6.07) is 3.56. The highest BCUT2D eigenvalue weighted by molar-refractivity contribution is 7.91. The Hall–Kier alpha value is -1.43. The van der Waals surface area contributed by atoms with Crippen LogP contribution >= 0.6 is 0 Å². The summed E-state index contributed by atoms with van der Waals surface area (Å²) in [6.07, 6.45) is 1.42. The van der Waals surface area contributed by atoms with Gasteiger partial charge in [0.05, 0.1) is 30.2 Å². The summed E-state index contributed by atoms with van der Waals surface area (Å²) in [5, 5.41) is -0.772. The molecule has 100 valence electrons. The number of hydrogen-bond acceptors (Lipinski definition) is 5. The molecule has 0 aliphatic rings. The topological polar surface area (TPSA) is 73.3 Å². The summed E-state index contributed by atoms with van der Waals surface area (Å²) in [6.45, 7) is 3.31. The van der Waals surface area contributed by atoms with Crippen molar-refractivity contribution in [3.63, 3.8) is 0 Å². The van der Waals surface area contributed by atoms with Crippen molar-refractivity contribution in [1.82, 2.24) is 4.98 Å². The first-order valence-corrected chi connectivity index (χ1v) is 7.27. The molecule has 1 aromatic heterocycles. The lowest BCUT2D eigenvalue weighted by molar-refractivity contribution is -0.140. The minimum atomic E-state index is -3.40. The highest BCUT2D eigenvalue weighted by Crippen LogP contribution is 2.15. The van der Waals surface area contributed by atoms with E-state index in [2.05, 4.69) is 9.72 Å². The minimum Gasteiger partial charge on any atom is -0.469 e. The van der Waals surface area contributed by atoms with Gasteiger partial charge in [0.25, 0.3) is 0 Å². The Morgan fingerprint density at radius 1 is 1.50 bits per heavy atom. The number of methoxy groups -OCH3 is 1. The van der Waals surface area contributed by atoms with Gasteiger partial charge in [-0.2, -0.15) is 0 Å². The Morgan fingerprint density at radius 2 is 2.17 bits per heavy atom. The van der Waals surface area contributed by atoms with Crippen molar-refractivity contribution in [3.8, 4) is 0 Å². The van der Waals surface area contributed by atoms with Gasteiger partial charge in [0.2, 0.25) is 0 Å². The molecule has 0 N–H and O–H groups in total. The van der Waals surface area contributed by atoms with E-state index in [1.165, 1.54) is 14.0 Å². The van der Waals surface area contributed by atoms with Gasteiger partial charge < -0.3 is 4.74 Å². The molecule has 1 heterocycles. The van der Waals surface area contributed by atoms with E-state index < -0.39 is 21.1 Å². The number of aryl methyl sites for hydroxylation is 1. The molecule has 0 bridgehead atoms. The molecule has 1 rings (SSSR count). The standard InChI is InChI=1S/C12H17NO4S/c1-9-5-4-6-13-11(9)8-18(15,16)10(2)7-12(14)17-3/h4-6,10H,7-8H2,1-3H3. The number of sulfone groups is 1. The summed E-state index contributed by atoms with van der Waals surface area (Å²) in [4.78, 5) is 15.1. The Bertz CT molecular complexity index is 525. The molecule has 0 spiro atoms. The van der Waals surface area contributed by atoms with Crippen LogP contribution in [0.25, 0.3) is 0 Å². The van der Waals surface area contributed by atoms with Crippen LogP contribution in [-0.4, -0.2) is 31.7 Å². The Balaban J connectivity index is 2.82. The molecule has 0 aromatic carbocycles. The van der Waals surface area contributed by atoms with Gasteiger partial charge >= 0.3 is 5.97 Å². The van der Waals surface area contributed by atoms with E-state index in [-0.39, 0.29) is 12.2 Å². The maximum Gasteiger partial charge on any atom is 0.306 e. The van der Waals surface area contributed by atoms with E-state index in [4.69, 9.17) is 0 Å². The SMILES string of the molecule is COC(=O)CC(C)S(=O)(=O)Cc1ncccc1C. The molecule has 0 saturated carbocycles. The van der Waals surface area contributed by atoms with Crippen LogP contribution in [0.1, 0.15) is 24.6 Å². The fourth-order valence-corrected chi connectivity index (χ4v) is 2.81. The Morgan fingerprint density at radius 3 is 2.72 bits per heavy atom. The van der Waals surface area contributed by atoms with Gasteiger partial charge in [-0.25, -0.2) is 8.42 Å². The second-order valence-corrected chi connectivity index (χ2v) is 6.58. The maximum atomic E-state index is 12.1. The van der Waals surface area contributed by atoms with Crippen LogP contribution in [-0.2, 0) is 25.1 Å². The average molecular weight is 271 g/mol. The highest BCUT2D eigenvalue weighted by Gasteiger charge is 2.25. The van der Waals surface area contributed by atoms with Gasteiger partial charge in [0, 0.05) is 6.20 Å². The first-order valence-electron chi connectivity index (χ1n) is 5.55. The summed E-state index contributed by atoms with van der Waals surface area (Å²) in [5.74, 6) is -0.679. The van der Waals surface area contributed by atoms with Crippen molar-refractivity contribution in [2.24, 2.45) is 0 Å². The van der Waals surface area contributed by atoms with Crippen LogP contribution in [0.2, 0.25) is 0 Å². The summed E-state index contributed by atoms with van der Waals surface area (Å²) >= 11 is 0. The van der Waals surface area contributed by atoms with Crippen LogP contribution < -0.4 is 0 Å². The number of carbonyl (C=O) groups excluding carboxylic acids is 1. The molecule has 1 atom stereocenters. The number of esters is 1. The lowest BCUT2D eigenvalue weighted by Crippen LogP contribution is -2.24. The van der Waals surface area contributed by atoms with Crippen molar-refractivity contribution in [3.05, 3.63) is 29.6 Å². The first-order chi connectivity index (χ1) is 8.36. The molecule has 5 nitrogen and oxygen atoms in total. The number of aromatic nitrogens is 1. The predicted molar refractivity (Wildman–Crippen MR) is 67.7 cm³/mol. The highest BCUT2D eigenvalue weighted by atomic mass is 32.2. The van der Waals surface area contributed by atoms with E-state index in [0.717, 1.165) is 5.56 Å². The Labute approximate surface area is 107 Å². The molecule has 0 amide bonds. The molecule has 18 heavy (non-hydrogen) atoms. The smallest absolute Gasteiger partial charge is 0.306 e. The minimum absolute atomic E-state index is 0.134. The van der Waals surface area contributed by atoms with Gasteiger partial charge in [0.1, 0.15) is 0 Å². The van der Waals surface area contributed by atoms with Gasteiger partial charge in [-0.05, 0) is 25.5 Å². The van der Waals surface area contributed by atoms with Crippen LogP contribution in [0.4, 0.5) is 0 Å². The van der Waals surface area contributed by atoms with E-state index in [1.54, 1.807) is 12.3 Å². The number of carbonyl (C=O) groups is 1. The van der Waals surface area contributed by atoms with E-state index >= 15 is 0 Å². The number of rotatable bonds is 5. The zero-order valence-corrected chi connectivity index (χ0v) is 11.5. The largest absolute Gasteiger partial charge is 0.469 e. The Kier molecular flexibility index (Phi) is 4.84. The average Bonchev–Trinajstić information content (AvgIpc) is 2.31. The van der Waals surface area contributed by atoms with Crippen molar-refractivity contribution in [2.75, 3.05) is 7.11 Å². The first kappa shape index (κ1) is 14.6. The second kappa shape index (κ2) is 5.95. The maximum absolute atomic E-state index is 12.1. The molecule has 6 heteroatoms. The fraction of sp³-hybridized carbons (Fsp3) is 0.500. The predicted octanol–water partition coefficient (Wildman–Crippen LogP) is 1.26. The van der Waals surface area contributed by atoms with Crippen LogP contribution in [0, 0.1) is 6.92 Å². The van der Waals surface area contributed by atoms with Crippen LogP contribution in [0.15, 0.2) is 18.3 Å². The number of ether oxygens (including phenoxy) is 1. The van der Waals surface area contributed by atoms with Gasteiger partial charge in [0.15, 0.2) is 9.84 Å². The van der Waals surface area contributed by atoms with Crippen LogP contribution in [0.5, 0.6) is 0 Å². The number of pyridine rings is 1. The molecule has 0 aliphatic heterocycles. The van der Waals surface area contributed by atoms with Gasteiger partial charge in [-0.3, -0.25) is 9.78 Å². The molecule has 0 saturated heterocycles. The zero-order valence-electron chi connectivity index (χ0n) is 10.7. The third-order valence-corrected chi connectivity index (χ3v) is 4.82. The lowest BCUT2D eigenvalue weighted by atomic mass is 10.2. The number of hydrogen-bond donors (Lipinski definition) is 0. The zero-order chi connectivity index (χ0) is 13.8. The van der Waals surface area contributed by atoms with Crippen molar-refractivity contribution in [2.45, 2.75) is 31.3 Å². The van der Waals surface area contributed by atoms with Gasteiger partial charge in [-0.15, -0.1) is 0 Å². The fourth-order valence-electron chi connectivity index (χ4n) is 1.45. The lowest BCUT2D eigenvalue weighted by Gasteiger charge is -2.12. The molecule has 0 aliphatic carbocycles. The molecule has 0 radical (unpaired) electrons. The molecule has 1 unspecified atom stereocenters. The van der Waals surface area contributed by atoms with E-state index in [9.17, 15) is 13.2 Å². The normalized spacial score (nSPS) is 13.1. The number of nitrogens with zero attached hydrogens (tertiary/aromatic N) is 1. The van der Waals surface area contributed by atoms with Crippen molar-refractivity contribution in [1.29, 1.82) is 0 Å². The second-order valence-electron chi connectivity index (χ2n) is 4.17. The van der Waals surface area contributed by atoms with Crippen molar-refractivity contribution < 1.29 is 17.9 Å². The molecular weight excluding hydrogens is 254 g/mol. The quantitative estimate of drug-likeness (QED) is 0.754. The van der Waals surface area contributed by atoms with E-state index in [1.807, 2.05) is 13.0 Å². The molecule has 0 fully saturated rings. The summed E-state index contributed by atoms with van der Waals surface area (Å²) in [7, 11) is -2.16. The van der Waals surface area contributed by atoms with E-state index in [0.29, 0.717) is 5.69 Å². The molecule has 1 aromatic rings.